The summed E-state index contributed by atoms with van der Waals surface area (Å²) in [6.45, 7) is 0. The lowest BCUT2D eigenvalue weighted by Gasteiger charge is -2.19. The van der Waals surface area contributed by atoms with E-state index in [1.54, 1.807) is 61.6 Å². The maximum absolute atomic E-state index is 12.7. The summed E-state index contributed by atoms with van der Waals surface area (Å²) in [5.74, 6) is -0.608. The molecule has 27 heavy (non-hydrogen) atoms. The number of rotatable bonds is 4. The van der Waals surface area contributed by atoms with Crippen LogP contribution >= 0.6 is 39.1 Å². The molecule has 2 aromatic carbocycles. The Labute approximate surface area is 174 Å². The van der Waals surface area contributed by atoms with Crippen molar-refractivity contribution < 1.29 is 14.0 Å². The molecule has 3 rings (SSSR count). The summed E-state index contributed by atoms with van der Waals surface area (Å²) in [6, 6.07) is 14.7. The highest BCUT2D eigenvalue weighted by Crippen LogP contribution is 2.27. The molecule has 0 bridgehead atoms. The number of nitrogens with zero attached hydrogens (tertiary/aromatic N) is 1. The maximum Gasteiger partial charge on any atom is 0.293 e. The topological polar surface area (TPSA) is 62.6 Å². The van der Waals surface area contributed by atoms with Gasteiger partial charge in [0, 0.05) is 12.7 Å². The highest BCUT2D eigenvalue weighted by Gasteiger charge is 2.22. The third-order valence-corrected chi connectivity index (χ3v) is 4.94. The zero-order valence-electron chi connectivity index (χ0n) is 14.0. The van der Waals surface area contributed by atoms with Crippen molar-refractivity contribution >= 4 is 62.3 Å². The Morgan fingerprint density at radius 1 is 1.04 bits per heavy atom. The van der Waals surface area contributed by atoms with Crippen LogP contribution < -0.4 is 10.2 Å². The quantitative estimate of drug-likeness (QED) is 0.521. The monoisotopic (exact) mass is 466 g/mol. The Morgan fingerprint density at radius 3 is 2.44 bits per heavy atom. The van der Waals surface area contributed by atoms with Gasteiger partial charge >= 0.3 is 0 Å². The van der Waals surface area contributed by atoms with Crippen LogP contribution in [0.5, 0.6) is 0 Å². The molecule has 8 heteroatoms. The zero-order chi connectivity index (χ0) is 19.6. The molecule has 0 fully saturated rings. The minimum atomic E-state index is -0.385. The summed E-state index contributed by atoms with van der Waals surface area (Å²) in [5.41, 5.74) is 1.26. The molecule has 5 nitrogen and oxygen atoms in total. The van der Waals surface area contributed by atoms with Crippen LogP contribution in [-0.2, 0) is 0 Å². The SMILES string of the molecule is CN(C(=O)c1ccc(Br)o1)c1ccccc1C(=O)Nc1ccc(Cl)c(Cl)c1. The minimum Gasteiger partial charge on any atom is -0.444 e. The summed E-state index contributed by atoms with van der Waals surface area (Å²) >= 11 is 15.1. The highest BCUT2D eigenvalue weighted by atomic mass is 79.9. The van der Waals surface area contributed by atoms with Crippen LogP contribution in [0.3, 0.4) is 0 Å². The molecule has 0 aliphatic carbocycles. The van der Waals surface area contributed by atoms with Crippen molar-refractivity contribution in [2.24, 2.45) is 0 Å². The van der Waals surface area contributed by atoms with E-state index in [1.165, 1.54) is 4.90 Å². The van der Waals surface area contributed by atoms with Crippen molar-refractivity contribution in [1.29, 1.82) is 0 Å². The van der Waals surface area contributed by atoms with Gasteiger partial charge in [0.1, 0.15) is 0 Å². The highest BCUT2D eigenvalue weighted by molar-refractivity contribution is 9.10. The molecule has 0 spiro atoms. The summed E-state index contributed by atoms with van der Waals surface area (Å²) in [5, 5.41) is 3.48. The van der Waals surface area contributed by atoms with Crippen molar-refractivity contribution in [1.82, 2.24) is 0 Å². The van der Waals surface area contributed by atoms with Gasteiger partial charge < -0.3 is 14.6 Å². The maximum atomic E-state index is 12.7. The predicted octanol–water partition coefficient (Wildman–Crippen LogP) is 5.88. The van der Waals surface area contributed by atoms with Gasteiger partial charge in [-0.05, 0) is 58.4 Å². The zero-order valence-corrected chi connectivity index (χ0v) is 17.1. The van der Waals surface area contributed by atoms with E-state index in [-0.39, 0.29) is 17.6 Å². The van der Waals surface area contributed by atoms with Gasteiger partial charge in [0.2, 0.25) is 0 Å². The second-order valence-corrected chi connectivity index (χ2v) is 7.16. The lowest BCUT2D eigenvalue weighted by Crippen LogP contribution is -2.28. The second-order valence-electron chi connectivity index (χ2n) is 5.57. The molecule has 1 heterocycles. The summed E-state index contributed by atoms with van der Waals surface area (Å²) in [4.78, 5) is 26.7. The van der Waals surface area contributed by atoms with Crippen LogP contribution in [0, 0.1) is 0 Å². The average Bonchev–Trinajstić information content (AvgIpc) is 3.10. The lowest BCUT2D eigenvalue weighted by molar-refractivity contribution is 0.0965. The van der Waals surface area contributed by atoms with Crippen molar-refractivity contribution in [2.45, 2.75) is 0 Å². The molecule has 0 atom stereocenters. The number of furan rings is 1. The third kappa shape index (κ3) is 4.35. The largest absolute Gasteiger partial charge is 0.444 e. The molecule has 1 N–H and O–H groups in total. The number of hydrogen-bond donors (Lipinski definition) is 1. The normalized spacial score (nSPS) is 10.5. The molecule has 0 aliphatic rings. The van der Waals surface area contributed by atoms with E-state index in [4.69, 9.17) is 27.6 Å². The van der Waals surface area contributed by atoms with E-state index in [0.717, 1.165) is 0 Å². The number of amides is 2. The van der Waals surface area contributed by atoms with Crippen molar-refractivity contribution in [3.8, 4) is 0 Å². The van der Waals surface area contributed by atoms with Gasteiger partial charge in [0.25, 0.3) is 11.8 Å². The molecule has 2 amide bonds. The van der Waals surface area contributed by atoms with Crippen molar-refractivity contribution in [3.05, 3.63) is 80.6 Å². The van der Waals surface area contributed by atoms with Gasteiger partial charge in [-0.15, -0.1) is 0 Å². The van der Waals surface area contributed by atoms with Gasteiger partial charge in [-0.3, -0.25) is 9.59 Å². The smallest absolute Gasteiger partial charge is 0.293 e. The third-order valence-electron chi connectivity index (χ3n) is 3.78. The number of para-hydroxylation sites is 1. The number of anilines is 2. The van der Waals surface area contributed by atoms with Crippen LogP contribution in [0.15, 0.2) is 63.7 Å². The molecular formula is C19H13BrCl2N2O3. The van der Waals surface area contributed by atoms with E-state index < -0.39 is 0 Å². The van der Waals surface area contributed by atoms with Crippen LogP contribution in [0.25, 0.3) is 0 Å². The second kappa shape index (κ2) is 8.17. The fourth-order valence-electron chi connectivity index (χ4n) is 2.43. The fraction of sp³-hybridized carbons (Fsp3) is 0.0526. The Balaban J connectivity index is 1.87. The molecular weight excluding hydrogens is 455 g/mol. The Morgan fingerprint density at radius 2 is 1.78 bits per heavy atom. The first-order valence-corrected chi connectivity index (χ1v) is 9.30. The number of halogens is 3. The van der Waals surface area contributed by atoms with Crippen molar-refractivity contribution in [3.63, 3.8) is 0 Å². The molecule has 0 saturated heterocycles. The number of nitrogens with one attached hydrogen (secondary N) is 1. The molecule has 138 valence electrons. The van der Waals surface area contributed by atoms with Gasteiger partial charge in [-0.1, -0.05) is 35.3 Å². The van der Waals surface area contributed by atoms with Crippen LogP contribution in [0.4, 0.5) is 11.4 Å². The first kappa shape index (κ1) is 19.5. The van der Waals surface area contributed by atoms with Crippen molar-refractivity contribution in [2.75, 3.05) is 17.3 Å². The summed E-state index contributed by atoms with van der Waals surface area (Å²) < 4.78 is 5.76. The molecule has 0 unspecified atom stereocenters. The fourth-order valence-corrected chi connectivity index (χ4v) is 3.04. The number of carbonyl (C=O) groups excluding carboxylic acids is 2. The summed E-state index contributed by atoms with van der Waals surface area (Å²) in [6.07, 6.45) is 0. The Bertz CT molecular complexity index is 1020. The number of hydrogen-bond acceptors (Lipinski definition) is 3. The van der Waals surface area contributed by atoms with Gasteiger partial charge in [-0.2, -0.15) is 0 Å². The van der Waals surface area contributed by atoms with E-state index in [2.05, 4.69) is 21.2 Å². The van der Waals surface area contributed by atoms with E-state index >= 15 is 0 Å². The van der Waals surface area contributed by atoms with Gasteiger partial charge in [0.05, 0.1) is 21.3 Å². The molecule has 0 radical (unpaired) electrons. The minimum absolute atomic E-state index is 0.157. The van der Waals surface area contributed by atoms with Crippen LogP contribution in [0.2, 0.25) is 10.0 Å². The molecule has 3 aromatic rings. The Hall–Kier alpha value is -2.28. The van der Waals surface area contributed by atoms with Crippen LogP contribution in [-0.4, -0.2) is 18.9 Å². The first-order valence-electron chi connectivity index (χ1n) is 7.75. The number of benzene rings is 2. The lowest BCUT2D eigenvalue weighted by atomic mass is 10.1. The average molecular weight is 468 g/mol. The van der Waals surface area contributed by atoms with E-state index in [1.807, 2.05) is 0 Å². The van der Waals surface area contributed by atoms with Crippen LogP contribution in [0.1, 0.15) is 20.9 Å². The standard InChI is InChI=1S/C19H13BrCl2N2O3/c1-24(19(26)16-8-9-17(20)27-16)15-5-3-2-4-12(15)18(25)23-11-6-7-13(21)14(22)10-11/h2-10H,1H3,(H,23,25). The Kier molecular flexibility index (Phi) is 5.89. The van der Waals surface area contributed by atoms with E-state index in [9.17, 15) is 9.59 Å². The molecule has 0 saturated carbocycles. The number of carbonyl (C=O) groups is 2. The first-order chi connectivity index (χ1) is 12.9. The van der Waals surface area contributed by atoms with Gasteiger partial charge in [0.15, 0.2) is 10.4 Å². The van der Waals surface area contributed by atoms with Gasteiger partial charge in [-0.25, -0.2) is 0 Å². The predicted molar refractivity (Wildman–Crippen MR) is 110 cm³/mol. The van der Waals surface area contributed by atoms with E-state index in [0.29, 0.717) is 31.7 Å². The molecule has 0 aliphatic heterocycles. The molecule has 1 aromatic heterocycles. The summed E-state index contributed by atoms with van der Waals surface area (Å²) in [7, 11) is 1.57.